The zero-order chi connectivity index (χ0) is 13.8. The summed E-state index contributed by atoms with van der Waals surface area (Å²) in [5.41, 5.74) is 7.22. The van der Waals surface area contributed by atoms with Crippen molar-refractivity contribution in [2.24, 2.45) is 5.73 Å². The minimum absolute atomic E-state index is 0.168. The molecule has 1 amide bonds. The third kappa shape index (κ3) is 3.46. The number of anilines is 1. The van der Waals surface area contributed by atoms with Gasteiger partial charge in [0.05, 0.1) is 5.69 Å². The Hall–Kier alpha value is -2.05. The first kappa shape index (κ1) is 13.4. The van der Waals surface area contributed by atoms with Crippen LogP contribution in [0.3, 0.4) is 0 Å². The Morgan fingerprint density at radius 2 is 2.21 bits per heavy atom. The molecule has 0 spiro atoms. The molecule has 2 aromatic rings. The molecule has 2 rings (SSSR count). The van der Waals surface area contributed by atoms with Gasteiger partial charge in [0, 0.05) is 24.0 Å². The Bertz CT molecular complexity index is 597. The van der Waals surface area contributed by atoms with Gasteiger partial charge in [-0.1, -0.05) is 11.6 Å². The molecule has 0 aromatic carbocycles. The van der Waals surface area contributed by atoms with Crippen molar-refractivity contribution in [2.75, 3.05) is 5.32 Å². The molecule has 0 saturated heterocycles. The van der Waals surface area contributed by atoms with E-state index in [1.165, 1.54) is 6.20 Å². The van der Waals surface area contributed by atoms with E-state index < -0.39 is 0 Å². The summed E-state index contributed by atoms with van der Waals surface area (Å²) in [6.07, 6.45) is 1.53. The summed E-state index contributed by atoms with van der Waals surface area (Å²) in [6.45, 7) is 2.04. The van der Waals surface area contributed by atoms with Crippen molar-refractivity contribution in [3.8, 4) is 0 Å². The summed E-state index contributed by atoms with van der Waals surface area (Å²) < 4.78 is 0. The molecule has 0 bridgehead atoms. The minimum Gasteiger partial charge on any atom is -0.325 e. The average Bonchev–Trinajstić information content (AvgIpc) is 2.37. The first-order valence-electron chi connectivity index (χ1n) is 5.56. The van der Waals surface area contributed by atoms with E-state index >= 15 is 0 Å². The largest absolute Gasteiger partial charge is 0.325 e. The van der Waals surface area contributed by atoms with E-state index in [0.717, 1.165) is 0 Å². The molecule has 3 N–H and O–H groups in total. The van der Waals surface area contributed by atoms with Crippen LogP contribution in [0.15, 0.2) is 24.4 Å². The van der Waals surface area contributed by atoms with Crippen molar-refractivity contribution >= 4 is 23.5 Å². The molecule has 0 fully saturated rings. The first-order valence-corrected chi connectivity index (χ1v) is 5.94. The van der Waals surface area contributed by atoms with Gasteiger partial charge in [-0.2, -0.15) is 0 Å². The highest BCUT2D eigenvalue weighted by molar-refractivity contribution is 6.29. The number of aryl methyl sites for hydroxylation is 1. The van der Waals surface area contributed by atoms with Crippen LogP contribution in [-0.4, -0.2) is 20.9 Å². The highest BCUT2D eigenvalue weighted by atomic mass is 35.5. The molecular weight excluding hydrogens is 266 g/mol. The van der Waals surface area contributed by atoms with Crippen molar-refractivity contribution in [2.45, 2.75) is 13.5 Å². The van der Waals surface area contributed by atoms with Crippen LogP contribution in [0.4, 0.5) is 5.95 Å². The number of nitrogens with one attached hydrogen (secondary N) is 1. The maximum Gasteiger partial charge on any atom is 0.258 e. The van der Waals surface area contributed by atoms with Gasteiger partial charge in [0.15, 0.2) is 0 Å². The number of hydrogen-bond acceptors (Lipinski definition) is 5. The van der Waals surface area contributed by atoms with Gasteiger partial charge in [0.25, 0.3) is 5.91 Å². The summed E-state index contributed by atoms with van der Waals surface area (Å²) >= 11 is 5.80. The molecular formula is C12H12ClN5O. The number of rotatable bonds is 3. The zero-order valence-corrected chi connectivity index (χ0v) is 11.0. The fourth-order valence-corrected chi connectivity index (χ4v) is 1.73. The quantitative estimate of drug-likeness (QED) is 0.830. The Morgan fingerprint density at radius 3 is 2.89 bits per heavy atom. The standard InChI is InChI=1S/C12H12ClN5O/c1-7-4-10(13)17-12(16-7)18-11(19)8-2-3-15-9(5-8)6-14/h2-5H,6,14H2,1H3,(H,16,17,18,19). The summed E-state index contributed by atoms with van der Waals surface area (Å²) in [6, 6.07) is 4.81. The van der Waals surface area contributed by atoms with Crippen molar-refractivity contribution in [3.63, 3.8) is 0 Å². The van der Waals surface area contributed by atoms with Crippen LogP contribution in [0.2, 0.25) is 5.15 Å². The number of nitrogens with zero attached hydrogens (tertiary/aromatic N) is 3. The fraction of sp³-hybridized carbons (Fsp3) is 0.167. The van der Waals surface area contributed by atoms with E-state index in [2.05, 4.69) is 20.3 Å². The Labute approximate surface area is 115 Å². The topological polar surface area (TPSA) is 93.8 Å². The van der Waals surface area contributed by atoms with Crippen LogP contribution >= 0.6 is 11.6 Å². The van der Waals surface area contributed by atoms with E-state index in [1.54, 1.807) is 25.1 Å². The third-order valence-corrected chi connectivity index (χ3v) is 2.53. The molecule has 2 aromatic heterocycles. The maximum atomic E-state index is 12.0. The molecule has 6 nitrogen and oxygen atoms in total. The molecule has 0 aliphatic rings. The number of aromatic nitrogens is 3. The number of amides is 1. The first-order chi connectivity index (χ1) is 9.08. The molecule has 0 radical (unpaired) electrons. The lowest BCUT2D eigenvalue weighted by atomic mass is 10.2. The molecule has 0 unspecified atom stereocenters. The van der Waals surface area contributed by atoms with E-state index in [-0.39, 0.29) is 23.6 Å². The highest BCUT2D eigenvalue weighted by Crippen LogP contribution is 2.11. The Kier molecular flexibility index (Phi) is 4.03. The number of carbonyl (C=O) groups is 1. The molecule has 19 heavy (non-hydrogen) atoms. The molecule has 0 atom stereocenters. The van der Waals surface area contributed by atoms with Crippen LogP contribution in [-0.2, 0) is 6.54 Å². The number of pyridine rings is 1. The normalized spacial score (nSPS) is 10.3. The van der Waals surface area contributed by atoms with Crippen LogP contribution in [0, 0.1) is 6.92 Å². The van der Waals surface area contributed by atoms with Gasteiger partial charge in [-0.25, -0.2) is 9.97 Å². The second-order valence-electron chi connectivity index (χ2n) is 3.85. The molecule has 0 aliphatic heterocycles. The summed E-state index contributed by atoms with van der Waals surface area (Å²) in [4.78, 5) is 24.0. The number of hydrogen-bond donors (Lipinski definition) is 2. The van der Waals surface area contributed by atoms with E-state index in [0.29, 0.717) is 17.0 Å². The van der Waals surface area contributed by atoms with Crippen LogP contribution in [0.5, 0.6) is 0 Å². The van der Waals surface area contributed by atoms with Gasteiger partial charge in [-0.15, -0.1) is 0 Å². The van der Waals surface area contributed by atoms with E-state index in [9.17, 15) is 4.79 Å². The van der Waals surface area contributed by atoms with Crippen LogP contribution in [0.25, 0.3) is 0 Å². The van der Waals surface area contributed by atoms with Gasteiger partial charge < -0.3 is 5.73 Å². The minimum atomic E-state index is -0.334. The second-order valence-corrected chi connectivity index (χ2v) is 4.24. The van der Waals surface area contributed by atoms with Gasteiger partial charge in [-0.3, -0.25) is 15.1 Å². The zero-order valence-electron chi connectivity index (χ0n) is 10.2. The van der Waals surface area contributed by atoms with E-state index in [1.807, 2.05) is 0 Å². The average molecular weight is 278 g/mol. The van der Waals surface area contributed by atoms with Gasteiger partial charge >= 0.3 is 0 Å². The molecule has 2 heterocycles. The van der Waals surface area contributed by atoms with Gasteiger partial charge in [0.2, 0.25) is 5.95 Å². The van der Waals surface area contributed by atoms with Crippen molar-refractivity contribution in [3.05, 3.63) is 46.5 Å². The maximum absolute atomic E-state index is 12.0. The Morgan fingerprint density at radius 1 is 1.42 bits per heavy atom. The smallest absolute Gasteiger partial charge is 0.258 e. The lowest BCUT2D eigenvalue weighted by Gasteiger charge is -2.05. The van der Waals surface area contributed by atoms with Crippen molar-refractivity contribution in [1.29, 1.82) is 0 Å². The number of nitrogens with two attached hydrogens (primary N) is 1. The highest BCUT2D eigenvalue weighted by Gasteiger charge is 2.09. The third-order valence-electron chi connectivity index (χ3n) is 2.34. The monoisotopic (exact) mass is 277 g/mol. The SMILES string of the molecule is Cc1cc(Cl)nc(NC(=O)c2ccnc(CN)c2)n1. The van der Waals surface area contributed by atoms with Crippen molar-refractivity contribution in [1.82, 2.24) is 15.0 Å². The molecule has 0 saturated carbocycles. The number of carbonyl (C=O) groups excluding carboxylic acids is 1. The fourth-order valence-electron chi connectivity index (χ4n) is 1.49. The summed E-state index contributed by atoms with van der Waals surface area (Å²) in [5.74, 6) is -0.167. The molecule has 7 heteroatoms. The van der Waals surface area contributed by atoms with Gasteiger partial charge in [-0.05, 0) is 25.1 Å². The predicted molar refractivity (Wildman–Crippen MR) is 71.9 cm³/mol. The Balaban J connectivity index is 2.20. The van der Waals surface area contributed by atoms with Crippen LogP contribution in [0.1, 0.15) is 21.7 Å². The second kappa shape index (κ2) is 5.73. The van der Waals surface area contributed by atoms with Crippen LogP contribution < -0.4 is 11.1 Å². The van der Waals surface area contributed by atoms with Crippen molar-refractivity contribution < 1.29 is 4.79 Å². The summed E-state index contributed by atoms with van der Waals surface area (Å²) in [7, 11) is 0. The lowest BCUT2D eigenvalue weighted by Crippen LogP contribution is -2.15. The lowest BCUT2D eigenvalue weighted by molar-refractivity contribution is 0.102. The van der Waals surface area contributed by atoms with E-state index in [4.69, 9.17) is 17.3 Å². The number of halogens is 1. The van der Waals surface area contributed by atoms with Gasteiger partial charge in [0.1, 0.15) is 5.15 Å². The molecule has 0 aliphatic carbocycles. The summed E-state index contributed by atoms with van der Waals surface area (Å²) in [5, 5.41) is 2.85. The molecule has 98 valence electrons. The predicted octanol–water partition coefficient (Wildman–Crippen LogP) is 1.54.